The van der Waals surface area contributed by atoms with Crippen molar-refractivity contribution in [1.29, 1.82) is 0 Å². The quantitative estimate of drug-likeness (QED) is 0.801. The first kappa shape index (κ1) is 14.4. The summed E-state index contributed by atoms with van der Waals surface area (Å²) in [6.45, 7) is 3.77. The van der Waals surface area contributed by atoms with E-state index in [0.29, 0.717) is 18.7 Å². The molecule has 1 aliphatic heterocycles. The first-order valence-electron chi connectivity index (χ1n) is 7.41. The highest BCUT2D eigenvalue weighted by atomic mass is 16.3. The Morgan fingerprint density at radius 1 is 1.32 bits per heavy atom. The summed E-state index contributed by atoms with van der Waals surface area (Å²) < 4.78 is 0. The number of nitrogens with zero attached hydrogens (tertiary/aromatic N) is 1. The number of piperidine rings is 1. The van der Waals surface area contributed by atoms with Gasteiger partial charge in [0.25, 0.3) is 0 Å². The second kappa shape index (κ2) is 6.92. The lowest BCUT2D eigenvalue weighted by Gasteiger charge is -2.40. The molecule has 1 saturated heterocycles. The summed E-state index contributed by atoms with van der Waals surface area (Å²) in [4.78, 5) is 2.58. The number of rotatable bonds is 5. The van der Waals surface area contributed by atoms with Gasteiger partial charge in [-0.3, -0.25) is 4.90 Å². The molecule has 106 valence electrons. The van der Waals surface area contributed by atoms with E-state index >= 15 is 0 Å². The molecular weight excluding hydrogens is 236 g/mol. The summed E-state index contributed by atoms with van der Waals surface area (Å²) in [5.41, 5.74) is 7.89. The summed E-state index contributed by atoms with van der Waals surface area (Å²) >= 11 is 0. The van der Waals surface area contributed by atoms with E-state index in [2.05, 4.69) is 24.0 Å². The van der Waals surface area contributed by atoms with E-state index in [-0.39, 0.29) is 0 Å². The number of hydrogen-bond donors (Lipinski definition) is 2. The Morgan fingerprint density at radius 2 is 2.05 bits per heavy atom. The Morgan fingerprint density at radius 3 is 2.74 bits per heavy atom. The van der Waals surface area contributed by atoms with Crippen molar-refractivity contribution < 1.29 is 5.11 Å². The highest BCUT2D eigenvalue weighted by Gasteiger charge is 2.25. The third kappa shape index (κ3) is 3.95. The molecule has 0 amide bonds. The Balaban J connectivity index is 1.96. The van der Waals surface area contributed by atoms with Crippen molar-refractivity contribution in [2.75, 3.05) is 18.9 Å². The smallest absolute Gasteiger partial charge is 0.0445 e. The number of hydrogen-bond acceptors (Lipinski definition) is 3. The molecule has 2 unspecified atom stereocenters. The van der Waals surface area contributed by atoms with E-state index in [1.165, 1.54) is 31.4 Å². The molecule has 0 aliphatic carbocycles. The largest absolute Gasteiger partial charge is 0.399 e. The van der Waals surface area contributed by atoms with Crippen LogP contribution < -0.4 is 5.73 Å². The Hall–Kier alpha value is -1.06. The van der Waals surface area contributed by atoms with Crippen LogP contribution in [0.3, 0.4) is 0 Å². The molecule has 2 rings (SSSR count). The van der Waals surface area contributed by atoms with Gasteiger partial charge < -0.3 is 10.8 Å². The molecule has 19 heavy (non-hydrogen) atoms. The molecular formula is C16H26N2O. The van der Waals surface area contributed by atoms with Crippen LogP contribution in [-0.2, 0) is 6.42 Å². The zero-order valence-corrected chi connectivity index (χ0v) is 11.9. The summed E-state index contributed by atoms with van der Waals surface area (Å²) in [5, 5.41) is 9.20. The van der Waals surface area contributed by atoms with E-state index in [0.717, 1.165) is 18.5 Å². The average Bonchev–Trinajstić information content (AvgIpc) is 2.42. The molecule has 3 N–H and O–H groups in total. The van der Waals surface area contributed by atoms with Crippen molar-refractivity contribution in [2.45, 2.75) is 51.1 Å². The highest BCUT2D eigenvalue weighted by molar-refractivity contribution is 5.39. The number of aliphatic hydroxyl groups is 1. The average molecular weight is 262 g/mol. The van der Waals surface area contributed by atoms with Gasteiger partial charge in [-0.25, -0.2) is 0 Å². The van der Waals surface area contributed by atoms with Gasteiger partial charge in [-0.1, -0.05) is 18.6 Å². The van der Waals surface area contributed by atoms with Crippen LogP contribution in [0.25, 0.3) is 0 Å². The van der Waals surface area contributed by atoms with Gasteiger partial charge in [0, 0.05) is 24.4 Å². The highest BCUT2D eigenvalue weighted by Crippen LogP contribution is 2.23. The van der Waals surface area contributed by atoms with E-state index in [9.17, 15) is 5.11 Å². The van der Waals surface area contributed by atoms with Gasteiger partial charge in [-0.15, -0.1) is 0 Å². The lowest BCUT2D eigenvalue weighted by atomic mass is 9.95. The fourth-order valence-electron chi connectivity index (χ4n) is 3.17. The van der Waals surface area contributed by atoms with Gasteiger partial charge in [-0.2, -0.15) is 0 Å². The molecule has 0 radical (unpaired) electrons. The second-order valence-electron chi connectivity index (χ2n) is 5.69. The zero-order chi connectivity index (χ0) is 13.7. The molecule has 3 nitrogen and oxygen atoms in total. The number of likely N-dealkylation sites (tertiary alicyclic amines) is 1. The monoisotopic (exact) mass is 262 g/mol. The van der Waals surface area contributed by atoms with Gasteiger partial charge in [-0.05, 0) is 56.8 Å². The van der Waals surface area contributed by atoms with Crippen LogP contribution in [0.15, 0.2) is 24.3 Å². The van der Waals surface area contributed by atoms with Crippen molar-refractivity contribution in [3.05, 3.63) is 29.8 Å². The van der Waals surface area contributed by atoms with Crippen LogP contribution in [0, 0.1) is 0 Å². The molecule has 1 aromatic carbocycles. The number of benzene rings is 1. The minimum atomic E-state index is 0.301. The molecule has 0 bridgehead atoms. The van der Waals surface area contributed by atoms with Gasteiger partial charge in [0.1, 0.15) is 0 Å². The minimum Gasteiger partial charge on any atom is -0.399 e. The van der Waals surface area contributed by atoms with Crippen LogP contribution >= 0.6 is 0 Å². The molecule has 0 spiro atoms. The predicted octanol–water partition coefficient (Wildman–Crippen LogP) is 2.44. The summed E-state index contributed by atoms with van der Waals surface area (Å²) in [6, 6.07) is 9.28. The fraction of sp³-hybridized carbons (Fsp3) is 0.625. The van der Waals surface area contributed by atoms with Crippen LogP contribution in [0.4, 0.5) is 5.69 Å². The van der Waals surface area contributed by atoms with E-state index < -0.39 is 0 Å². The molecule has 3 heteroatoms. The first-order valence-corrected chi connectivity index (χ1v) is 7.41. The van der Waals surface area contributed by atoms with E-state index in [1.54, 1.807) is 0 Å². The number of anilines is 1. The van der Waals surface area contributed by atoms with Crippen molar-refractivity contribution >= 4 is 5.69 Å². The van der Waals surface area contributed by atoms with E-state index in [1.807, 2.05) is 12.1 Å². The van der Waals surface area contributed by atoms with Crippen molar-refractivity contribution in [1.82, 2.24) is 4.90 Å². The molecule has 0 aromatic heterocycles. The van der Waals surface area contributed by atoms with Crippen LogP contribution in [0.1, 0.15) is 38.2 Å². The van der Waals surface area contributed by atoms with Crippen LogP contribution in [-0.4, -0.2) is 35.2 Å². The molecule has 1 aromatic rings. The van der Waals surface area contributed by atoms with Gasteiger partial charge in [0.2, 0.25) is 0 Å². The maximum atomic E-state index is 9.20. The maximum Gasteiger partial charge on any atom is 0.0445 e. The number of nitrogen functional groups attached to an aromatic ring is 1. The minimum absolute atomic E-state index is 0.301. The van der Waals surface area contributed by atoms with Crippen molar-refractivity contribution in [2.24, 2.45) is 0 Å². The van der Waals surface area contributed by atoms with Gasteiger partial charge in [0.15, 0.2) is 0 Å². The molecule has 0 saturated carbocycles. The third-order valence-electron chi connectivity index (χ3n) is 4.21. The summed E-state index contributed by atoms with van der Waals surface area (Å²) in [6.07, 6.45) is 5.78. The maximum absolute atomic E-state index is 9.20. The Labute approximate surface area is 116 Å². The molecule has 1 fully saturated rings. The van der Waals surface area contributed by atoms with Crippen LogP contribution in [0.5, 0.6) is 0 Å². The Bertz CT molecular complexity index is 375. The van der Waals surface area contributed by atoms with Gasteiger partial charge in [0.05, 0.1) is 0 Å². The third-order valence-corrected chi connectivity index (χ3v) is 4.21. The topological polar surface area (TPSA) is 49.5 Å². The normalized spacial score (nSPS) is 22.3. The molecule has 2 atom stereocenters. The fourth-order valence-corrected chi connectivity index (χ4v) is 3.17. The predicted molar refractivity (Wildman–Crippen MR) is 80.1 cm³/mol. The van der Waals surface area contributed by atoms with E-state index in [4.69, 9.17) is 5.73 Å². The lowest BCUT2D eigenvalue weighted by molar-refractivity contribution is 0.0827. The van der Waals surface area contributed by atoms with Crippen molar-refractivity contribution in [3.8, 4) is 0 Å². The standard InChI is InChI=1S/C16H26N2O/c1-13(12-14-5-7-15(17)8-6-14)18-10-3-2-4-16(18)9-11-19/h5-8,13,16,19H,2-4,9-12,17H2,1H3. The SMILES string of the molecule is CC(Cc1ccc(N)cc1)N1CCCCC1CCO. The second-order valence-corrected chi connectivity index (χ2v) is 5.69. The lowest BCUT2D eigenvalue weighted by Crippen LogP contribution is -2.46. The first-order chi connectivity index (χ1) is 9.20. The zero-order valence-electron chi connectivity index (χ0n) is 11.9. The molecule has 1 heterocycles. The number of aliphatic hydroxyl groups excluding tert-OH is 1. The summed E-state index contributed by atoms with van der Waals surface area (Å²) in [5.74, 6) is 0. The Kier molecular flexibility index (Phi) is 5.23. The number of nitrogens with two attached hydrogens (primary N) is 1. The summed E-state index contributed by atoms with van der Waals surface area (Å²) in [7, 11) is 0. The molecule has 1 aliphatic rings. The van der Waals surface area contributed by atoms with Crippen molar-refractivity contribution in [3.63, 3.8) is 0 Å². The van der Waals surface area contributed by atoms with Gasteiger partial charge >= 0.3 is 0 Å². The van der Waals surface area contributed by atoms with Crippen LogP contribution in [0.2, 0.25) is 0 Å².